The predicted molar refractivity (Wildman–Crippen MR) is 48.0 cm³/mol. The van der Waals surface area contributed by atoms with Gasteiger partial charge in [-0.25, -0.2) is 0 Å². The molecule has 3 nitrogen and oxygen atoms in total. The second-order valence-corrected chi connectivity index (χ2v) is 3.60. The third kappa shape index (κ3) is 3.09. The second-order valence-electron chi connectivity index (χ2n) is 3.60. The van der Waals surface area contributed by atoms with Crippen LogP contribution < -0.4 is 5.73 Å². The summed E-state index contributed by atoms with van der Waals surface area (Å²) in [5.74, 6) is 0. The first-order chi connectivity index (χ1) is 5.72. The van der Waals surface area contributed by atoms with Crippen LogP contribution in [-0.4, -0.2) is 32.0 Å². The number of hydrogen-bond donors (Lipinski definition) is 1. The standard InChI is InChI=1S/C9H19NO2/c1-7(6-11-2)12-9-4-3-8(10)5-9/h7-9H,3-6,10H2,1-2H3. The van der Waals surface area contributed by atoms with E-state index in [4.69, 9.17) is 15.2 Å². The van der Waals surface area contributed by atoms with Crippen molar-refractivity contribution in [3.05, 3.63) is 0 Å². The molecule has 0 aromatic heterocycles. The van der Waals surface area contributed by atoms with Crippen LogP contribution in [0.5, 0.6) is 0 Å². The first-order valence-corrected chi connectivity index (χ1v) is 4.62. The van der Waals surface area contributed by atoms with Crippen LogP contribution in [0.3, 0.4) is 0 Å². The summed E-state index contributed by atoms with van der Waals surface area (Å²) in [5.41, 5.74) is 5.76. The van der Waals surface area contributed by atoms with Gasteiger partial charge in [0, 0.05) is 13.2 Å². The molecule has 0 aromatic rings. The van der Waals surface area contributed by atoms with E-state index in [9.17, 15) is 0 Å². The molecule has 1 rings (SSSR count). The maximum absolute atomic E-state index is 5.76. The molecule has 3 heteroatoms. The van der Waals surface area contributed by atoms with E-state index < -0.39 is 0 Å². The van der Waals surface area contributed by atoms with Gasteiger partial charge in [-0.3, -0.25) is 0 Å². The highest BCUT2D eigenvalue weighted by Gasteiger charge is 2.23. The molecule has 1 saturated carbocycles. The number of methoxy groups -OCH3 is 1. The zero-order chi connectivity index (χ0) is 8.97. The lowest BCUT2D eigenvalue weighted by Gasteiger charge is -2.17. The normalized spacial score (nSPS) is 32.2. The van der Waals surface area contributed by atoms with Crippen LogP contribution in [0.25, 0.3) is 0 Å². The van der Waals surface area contributed by atoms with Crippen LogP contribution in [0, 0.1) is 0 Å². The summed E-state index contributed by atoms with van der Waals surface area (Å²) in [4.78, 5) is 0. The summed E-state index contributed by atoms with van der Waals surface area (Å²) in [6.07, 6.45) is 3.78. The first kappa shape index (κ1) is 9.96. The van der Waals surface area contributed by atoms with Crippen molar-refractivity contribution in [3.63, 3.8) is 0 Å². The molecule has 3 unspecified atom stereocenters. The van der Waals surface area contributed by atoms with E-state index in [1.165, 1.54) is 0 Å². The Hall–Kier alpha value is -0.120. The highest BCUT2D eigenvalue weighted by molar-refractivity contribution is 4.78. The summed E-state index contributed by atoms with van der Waals surface area (Å²) >= 11 is 0. The Balaban J connectivity index is 2.14. The van der Waals surface area contributed by atoms with Crippen LogP contribution in [0.4, 0.5) is 0 Å². The molecule has 1 fully saturated rings. The lowest BCUT2D eigenvalue weighted by atomic mass is 10.3. The molecule has 2 N–H and O–H groups in total. The molecule has 0 aliphatic heterocycles. The maximum Gasteiger partial charge on any atom is 0.0784 e. The molecular formula is C9H19NO2. The summed E-state index contributed by atoms with van der Waals surface area (Å²) < 4.78 is 10.7. The smallest absolute Gasteiger partial charge is 0.0784 e. The van der Waals surface area contributed by atoms with E-state index in [1.54, 1.807) is 7.11 Å². The molecule has 0 saturated heterocycles. The number of rotatable bonds is 4. The van der Waals surface area contributed by atoms with Crippen LogP contribution >= 0.6 is 0 Å². The van der Waals surface area contributed by atoms with Crippen molar-refractivity contribution in [2.24, 2.45) is 5.73 Å². The molecule has 0 spiro atoms. The van der Waals surface area contributed by atoms with Crippen molar-refractivity contribution >= 4 is 0 Å². The summed E-state index contributed by atoms with van der Waals surface area (Å²) in [6.45, 7) is 2.71. The third-order valence-electron chi connectivity index (χ3n) is 2.25. The second kappa shape index (κ2) is 4.80. The molecule has 1 aliphatic rings. The minimum absolute atomic E-state index is 0.199. The van der Waals surface area contributed by atoms with Crippen molar-refractivity contribution in [1.29, 1.82) is 0 Å². The molecule has 0 aromatic carbocycles. The molecule has 72 valence electrons. The Morgan fingerprint density at radius 1 is 1.50 bits per heavy atom. The minimum Gasteiger partial charge on any atom is -0.382 e. The lowest BCUT2D eigenvalue weighted by Crippen LogP contribution is -2.23. The fourth-order valence-corrected chi connectivity index (χ4v) is 1.70. The van der Waals surface area contributed by atoms with Gasteiger partial charge in [0.2, 0.25) is 0 Å². The monoisotopic (exact) mass is 173 g/mol. The highest BCUT2D eigenvalue weighted by Crippen LogP contribution is 2.21. The fraction of sp³-hybridized carbons (Fsp3) is 1.00. The first-order valence-electron chi connectivity index (χ1n) is 4.62. The molecule has 0 radical (unpaired) electrons. The van der Waals surface area contributed by atoms with Crippen molar-refractivity contribution in [2.75, 3.05) is 13.7 Å². The van der Waals surface area contributed by atoms with Gasteiger partial charge in [0.1, 0.15) is 0 Å². The van der Waals surface area contributed by atoms with Gasteiger partial charge < -0.3 is 15.2 Å². The quantitative estimate of drug-likeness (QED) is 0.687. The van der Waals surface area contributed by atoms with E-state index in [2.05, 4.69) is 0 Å². The van der Waals surface area contributed by atoms with E-state index >= 15 is 0 Å². The predicted octanol–water partition coefficient (Wildman–Crippen LogP) is 0.918. The molecular weight excluding hydrogens is 154 g/mol. The number of nitrogens with two attached hydrogens (primary N) is 1. The number of hydrogen-bond acceptors (Lipinski definition) is 3. The van der Waals surface area contributed by atoms with E-state index in [-0.39, 0.29) is 6.10 Å². The Labute approximate surface area is 74.2 Å². The van der Waals surface area contributed by atoms with Crippen LogP contribution in [0.1, 0.15) is 26.2 Å². The van der Waals surface area contributed by atoms with Gasteiger partial charge in [-0.05, 0) is 26.2 Å². The van der Waals surface area contributed by atoms with Gasteiger partial charge in [0.05, 0.1) is 18.8 Å². The average Bonchev–Trinajstić information content (AvgIpc) is 2.36. The average molecular weight is 173 g/mol. The van der Waals surface area contributed by atoms with E-state index in [0.717, 1.165) is 19.3 Å². The summed E-state index contributed by atoms with van der Waals surface area (Å²) in [7, 11) is 1.69. The Bertz CT molecular complexity index is 130. The van der Waals surface area contributed by atoms with Gasteiger partial charge >= 0.3 is 0 Å². The number of ether oxygens (including phenoxy) is 2. The van der Waals surface area contributed by atoms with E-state index in [0.29, 0.717) is 18.8 Å². The zero-order valence-electron chi connectivity index (χ0n) is 7.95. The molecule has 3 atom stereocenters. The van der Waals surface area contributed by atoms with Gasteiger partial charge in [0.25, 0.3) is 0 Å². The molecule has 12 heavy (non-hydrogen) atoms. The van der Waals surface area contributed by atoms with Crippen molar-refractivity contribution in [2.45, 2.75) is 44.4 Å². The van der Waals surface area contributed by atoms with Gasteiger partial charge in [-0.1, -0.05) is 0 Å². The third-order valence-corrected chi connectivity index (χ3v) is 2.25. The SMILES string of the molecule is COCC(C)OC1CCC(N)C1. The van der Waals surface area contributed by atoms with Gasteiger partial charge in [-0.2, -0.15) is 0 Å². The Morgan fingerprint density at radius 3 is 2.75 bits per heavy atom. The van der Waals surface area contributed by atoms with Crippen LogP contribution in [0.2, 0.25) is 0 Å². The van der Waals surface area contributed by atoms with Crippen LogP contribution in [-0.2, 0) is 9.47 Å². The van der Waals surface area contributed by atoms with Crippen molar-refractivity contribution < 1.29 is 9.47 Å². The Morgan fingerprint density at radius 2 is 2.25 bits per heavy atom. The molecule has 1 aliphatic carbocycles. The van der Waals surface area contributed by atoms with Crippen molar-refractivity contribution in [1.82, 2.24) is 0 Å². The highest BCUT2D eigenvalue weighted by atomic mass is 16.5. The maximum atomic E-state index is 5.76. The topological polar surface area (TPSA) is 44.5 Å². The summed E-state index contributed by atoms with van der Waals surface area (Å²) in [5, 5.41) is 0. The lowest BCUT2D eigenvalue weighted by molar-refractivity contribution is -0.0356. The molecule has 0 heterocycles. The Kier molecular flexibility index (Phi) is 3.98. The summed E-state index contributed by atoms with van der Waals surface area (Å²) in [6, 6.07) is 0.352. The fourth-order valence-electron chi connectivity index (χ4n) is 1.70. The van der Waals surface area contributed by atoms with Crippen molar-refractivity contribution in [3.8, 4) is 0 Å². The van der Waals surface area contributed by atoms with Gasteiger partial charge in [0.15, 0.2) is 0 Å². The van der Waals surface area contributed by atoms with Gasteiger partial charge in [-0.15, -0.1) is 0 Å². The van der Waals surface area contributed by atoms with Crippen LogP contribution in [0.15, 0.2) is 0 Å². The molecule has 0 amide bonds. The van der Waals surface area contributed by atoms with E-state index in [1.807, 2.05) is 6.92 Å². The molecule has 0 bridgehead atoms. The minimum atomic E-state index is 0.199. The largest absolute Gasteiger partial charge is 0.382 e. The zero-order valence-corrected chi connectivity index (χ0v) is 7.95.